The summed E-state index contributed by atoms with van der Waals surface area (Å²) in [4.78, 5) is 16.3. The van der Waals surface area contributed by atoms with Crippen LogP contribution < -0.4 is 15.1 Å². The summed E-state index contributed by atoms with van der Waals surface area (Å²) in [6, 6.07) is 6.84. The molecule has 1 amide bonds. The van der Waals surface area contributed by atoms with Gasteiger partial charge >= 0.3 is 0 Å². The van der Waals surface area contributed by atoms with Crippen LogP contribution in [0.15, 0.2) is 18.2 Å². The van der Waals surface area contributed by atoms with Crippen LogP contribution in [-0.4, -0.2) is 38.1 Å². The number of anilines is 2. The summed E-state index contributed by atoms with van der Waals surface area (Å²) in [6.07, 6.45) is 1.97. The van der Waals surface area contributed by atoms with Gasteiger partial charge < -0.3 is 15.1 Å². The van der Waals surface area contributed by atoms with Gasteiger partial charge in [0.2, 0.25) is 5.91 Å². The molecule has 1 aliphatic carbocycles. The molecule has 1 saturated carbocycles. The third-order valence-electron chi connectivity index (χ3n) is 4.75. The average molecular weight is 316 g/mol. The van der Waals surface area contributed by atoms with Crippen molar-refractivity contribution in [1.29, 1.82) is 5.26 Å². The Kier molecular flexibility index (Phi) is 3.88. The van der Waals surface area contributed by atoms with Gasteiger partial charge in [-0.2, -0.15) is 5.26 Å². The molecule has 0 radical (unpaired) electrons. The van der Waals surface area contributed by atoms with Crippen molar-refractivity contribution in [3.8, 4) is 6.07 Å². The fraction of sp³-hybridized carbons (Fsp3) is 0.529. The first-order chi connectivity index (χ1) is 10.9. The van der Waals surface area contributed by atoms with Gasteiger partial charge in [-0.3, -0.25) is 4.79 Å². The van der Waals surface area contributed by atoms with Gasteiger partial charge in [0.25, 0.3) is 0 Å². The van der Waals surface area contributed by atoms with Crippen molar-refractivity contribution in [3.05, 3.63) is 24.0 Å². The van der Waals surface area contributed by atoms with Gasteiger partial charge in [-0.05, 0) is 43.9 Å². The molecule has 3 rings (SSSR count). The summed E-state index contributed by atoms with van der Waals surface area (Å²) in [5.41, 5.74) is 0.852. The van der Waals surface area contributed by atoms with E-state index in [0.29, 0.717) is 6.54 Å². The number of carbonyl (C=O) groups is 1. The Balaban J connectivity index is 1.73. The second-order valence-corrected chi connectivity index (χ2v) is 6.61. The molecule has 0 saturated heterocycles. The summed E-state index contributed by atoms with van der Waals surface area (Å²) < 4.78 is 13.5. The molecular weight excluding hydrogens is 295 g/mol. The van der Waals surface area contributed by atoms with Crippen LogP contribution in [0.1, 0.15) is 19.8 Å². The average Bonchev–Trinajstić information content (AvgIpc) is 3.35. The smallest absolute Gasteiger partial charge is 0.240 e. The van der Waals surface area contributed by atoms with E-state index in [9.17, 15) is 14.4 Å². The summed E-state index contributed by atoms with van der Waals surface area (Å²) in [6.45, 7) is 3.38. The molecule has 2 aliphatic rings. The van der Waals surface area contributed by atoms with Crippen LogP contribution in [0, 0.1) is 23.1 Å². The number of nitrogens with zero attached hydrogens (tertiary/aromatic N) is 3. The number of hydrogen-bond donors (Lipinski definition) is 1. The molecule has 1 fully saturated rings. The third kappa shape index (κ3) is 3.09. The molecule has 1 atom stereocenters. The number of nitriles is 1. The summed E-state index contributed by atoms with van der Waals surface area (Å²) in [7, 11) is 1.91. The van der Waals surface area contributed by atoms with Crippen LogP contribution in [0.25, 0.3) is 0 Å². The Morgan fingerprint density at radius 1 is 1.43 bits per heavy atom. The highest BCUT2D eigenvalue weighted by molar-refractivity contribution is 5.85. The van der Waals surface area contributed by atoms with Crippen LogP contribution >= 0.6 is 0 Å². The molecule has 1 aromatic rings. The Bertz CT molecular complexity index is 667. The zero-order chi connectivity index (χ0) is 16.6. The SMILES string of the molecule is CN1CCN(CC(=O)NC(C)(C#N)C2CC2)c2ccc(F)cc21. The monoisotopic (exact) mass is 316 g/mol. The quantitative estimate of drug-likeness (QED) is 0.921. The Labute approximate surface area is 135 Å². The fourth-order valence-electron chi connectivity index (χ4n) is 3.13. The van der Waals surface area contributed by atoms with E-state index in [0.717, 1.165) is 30.8 Å². The van der Waals surface area contributed by atoms with Crippen molar-refractivity contribution in [2.45, 2.75) is 25.3 Å². The van der Waals surface area contributed by atoms with Crippen molar-refractivity contribution < 1.29 is 9.18 Å². The second-order valence-electron chi connectivity index (χ2n) is 6.61. The number of fused-ring (bicyclic) bond motifs is 1. The highest BCUT2D eigenvalue weighted by Crippen LogP contribution is 2.39. The Morgan fingerprint density at radius 3 is 2.83 bits per heavy atom. The van der Waals surface area contributed by atoms with Crippen LogP contribution in [0.2, 0.25) is 0 Å². The molecule has 23 heavy (non-hydrogen) atoms. The van der Waals surface area contributed by atoms with E-state index in [1.54, 1.807) is 13.0 Å². The maximum atomic E-state index is 13.5. The second kappa shape index (κ2) is 5.73. The zero-order valence-electron chi connectivity index (χ0n) is 13.5. The number of halogens is 1. The first-order valence-electron chi connectivity index (χ1n) is 7.91. The molecule has 1 N–H and O–H groups in total. The predicted octanol–water partition coefficient (Wildman–Crippen LogP) is 1.89. The van der Waals surface area contributed by atoms with Crippen molar-refractivity contribution in [2.24, 2.45) is 5.92 Å². The highest BCUT2D eigenvalue weighted by Gasteiger charge is 2.43. The molecule has 1 heterocycles. The number of hydrogen-bond acceptors (Lipinski definition) is 4. The number of likely N-dealkylation sites (N-methyl/N-ethyl adjacent to an activating group) is 1. The van der Waals surface area contributed by atoms with E-state index in [1.807, 2.05) is 16.8 Å². The summed E-state index contributed by atoms with van der Waals surface area (Å²) in [5, 5.41) is 12.2. The Hall–Kier alpha value is -2.29. The first-order valence-corrected chi connectivity index (χ1v) is 7.91. The lowest BCUT2D eigenvalue weighted by molar-refractivity contribution is -0.121. The minimum absolute atomic E-state index is 0.166. The molecule has 0 aromatic heterocycles. The molecular formula is C17H21FN4O. The normalized spacial score (nSPS) is 19.6. The van der Waals surface area contributed by atoms with Crippen molar-refractivity contribution in [3.63, 3.8) is 0 Å². The number of benzene rings is 1. The van der Waals surface area contributed by atoms with Gasteiger partial charge in [-0.1, -0.05) is 0 Å². The van der Waals surface area contributed by atoms with Gasteiger partial charge in [0.05, 0.1) is 24.0 Å². The predicted molar refractivity (Wildman–Crippen MR) is 86.8 cm³/mol. The van der Waals surface area contributed by atoms with E-state index in [-0.39, 0.29) is 24.2 Å². The molecule has 0 bridgehead atoms. The van der Waals surface area contributed by atoms with Crippen molar-refractivity contribution in [2.75, 3.05) is 36.5 Å². The minimum Gasteiger partial charge on any atom is -0.371 e. The van der Waals surface area contributed by atoms with Crippen molar-refractivity contribution in [1.82, 2.24) is 5.32 Å². The Morgan fingerprint density at radius 2 is 2.17 bits per heavy atom. The maximum Gasteiger partial charge on any atom is 0.240 e. The maximum absolute atomic E-state index is 13.5. The van der Waals surface area contributed by atoms with E-state index in [4.69, 9.17) is 0 Å². The number of amides is 1. The number of rotatable bonds is 4. The van der Waals surface area contributed by atoms with Crippen LogP contribution in [0.5, 0.6) is 0 Å². The topological polar surface area (TPSA) is 59.4 Å². The van der Waals surface area contributed by atoms with E-state index < -0.39 is 5.54 Å². The molecule has 6 heteroatoms. The highest BCUT2D eigenvalue weighted by atomic mass is 19.1. The van der Waals surface area contributed by atoms with Gasteiger partial charge in [0, 0.05) is 20.1 Å². The first kappa shape index (κ1) is 15.6. The van der Waals surface area contributed by atoms with Gasteiger partial charge in [0.1, 0.15) is 11.4 Å². The van der Waals surface area contributed by atoms with Gasteiger partial charge in [-0.15, -0.1) is 0 Å². The standard InChI is InChI=1S/C17H21FN4O/c1-17(11-19,12-3-4-12)20-16(23)10-22-8-7-21(2)15-9-13(18)5-6-14(15)22/h5-6,9,12H,3-4,7-8,10H2,1-2H3,(H,20,23). The van der Waals surface area contributed by atoms with Crippen LogP contribution in [0.3, 0.4) is 0 Å². The molecule has 1 aliphatic heterocycles. The largest absolute Gasteiger partial charge is 0.371 e. The van der Waals surface area contributed by atoms with E-state index >= 15 is 0 Å². The van der Waals surface area contributed by atoms with Crippen molar-refractivity contribution >= 4 is 17.3 Å². The fourth-order valence-corrected chi connectivity index (χ4v) is 3.13. The third-order valence-corrected chi connectivity index (χ3v) is 4.75. The summed E-state index contributed by atoms with van der Waals surface area (Å²) >= 11 is 0. The van der Waals surface area contributed by atoms with Gasteiger partial charge in [0.15, 0.2) is 0 Å². The minimum atomic E-state index is -0.782. The van der Waals surface area contributed by atoms with Crippen LogP contribution in [0.4, 0.5) is 15.8 Å². The lowest BCUT2D eigenvalue weighted by Gasteiger charge is -2.37. The van der Waals surface area contributed by atoms with Gasteiger partial charge in [-0.25, -0.2) is 4.39 Å². The molecule has 1 unspecified atom stereocenters. The lowest BCUT2D eigenvalue weighted by Crippen LogP contribution is -2.51. The summed E-state index contributed by atoms with van der Waals surface area (Å²) in [5.74, 6) is -0.196. The molecule has 1 aromatic carbocycles. The molecule has 5 nitrogen and oxygen atoms in total. The molecule has 122 valence electrons. The number of nitrogens with one attached hydrogen (secondary N) is 1. The van der Waals surface area contributed by atoms with E-state index in [1.165, 1.54) is 12.1 Å². The molecule has 0 spiro atoms. The van der Waals surface area contributed by atoms with Crippen LogP contribution in [-0.2, 0) is 4.79 Å². The zero-order valence-corrected chi connectivity index (χ0v) is 13.5. The lowest BCUT2D eigenvalue weighted by atomic mass is 9.98. The number of carbonyl (C=O) groups excluding carboxylic acids is 1. The van der Waals surface area contributed by atoms with E-state index in [2.05, 4.69) is 11.4 Å².